The quantitative estimate of drug-likeness (QED) is 0.0948. The third-order valence-corrected chi connectivity index (χ3v) is 12.7. The Morgan fingerprint density at radius 1 is 1.06 bits per heavy atom. The Balaban J connectivity index is 1.05. The van der Waals surface area contributed by atoms with Crippen LogP contribution in [0.15, 0.2) is 41.8 Å². The van der Waals surface area contributed by atoms with Crippen LogP contribution in [0, 0.1) is 16.7 Å². The van der Waals surface area contributed by atoms with Gasteiger partial charge < -0.3 is 31.1 Å². The van der Waals surface area contributed by atoms with Crippen molar-refractivity contribution in [2.45, 2.75) is 126 Å². The number of carboxylic acid groups (broad SMARTS) is 1. The lowest BCUT2D eigenvalue weighted by atomic mass is 9.93. The van der Waals surface area contributed by atoms with Crippen molar-refractivity contribution in [2.24, 2.45) is 16.7 Å². The van der Waals surface area contributed by atoms with Gasteiger partial charge in [-0.2, -0.15) is 0 Å². The summed E-state index contributed by atoms with van der Waals surface area (Å²) in [5, 5.41) is 21.3. The molecule has 1 aliphatic heterocycles. The van der Waals surface area contributed by atoms with E-state index in [0.717, 1.165) is 64.3 Å². The third kappa shape index (κ3) is 8.62. The predicted octanol–water partition coefficient (Wildman–Crippen LogP) is 4.21. The van der Waals surface area contributed by atoms with Gasteiger partial charge in [-0.15, -0.1) is 6.58 Å². The van der Waals surface area contributed by atoms with Crippen LogP contribution < -0.4 is 26.0 Å². The summed E-state index contributed by atoms with van der Waals surface area (Å²) in [5.74, 6) is -2.55. The average molecular weight is 716 g/mol. The second-order valence-electron chi connectivity index (χ2n) is 15.2. The minimum Gasteiger partial charge on any atom is -0.480 e. The first-order valence-corrected chi connectivity index (χ1v) is 19.5. The lowest BCUT2D eigenvalue weighted by Gasteiger charge is -2.22. The summed E-state index contributed by atoms with van der Waals surface area (Å²) in [4.78, 5) is 50.4. The Bertz CT molecular complexity index is 1560. The first-order chi connectivity index (χ1) is 23.7. The maximum Gasteiger partial charge on any atom is 0.408 e. The van der Waals surface area contributed by atoms with Crippen molar-refractivity contribution >= 4 is 39.6 Å². The molecular weight excluding hydrogens is 662 g/mol. The van der Waals surface area contributed by atoms with Crippen molar-refractivity contribution in [3.63, 3.8) is 0 Å². The molecule has 3 amide bonds. The number of para-hydroxylation sites is 1. The van der Waals surface area contributed by atoms with Crippen LogP contribution in [-0.4, -0.2) is 74.2 Å². The van der Waals surface area contributed by atoms with Crippen LogP contribution in [0.1, 0.15) is 97.3 Å². The number of ether oxygens (including phenoxy) is 1. The molecule has 0 aromatic heterocycles. The standard InChI is InChI=1S/C36H53N5O8S/c1-4-24-20-36(24,40-30(42)28-21-35(23-38-28)22-34(35,2)3)32(45)41-50(47,48)29-18-12-11-16-26(29)37-19-13-7-5-6-8-17-27(31(43)44)39-33(46)49-25-14-9-10-15-25/h4,11-12,16,18,24-25,27-28,37-38H,1,5-10,13-15,17,19-23H2,2-3H3,(H,39,46)(H,40,42)(H,41,45)(H,43,44)/t24-,27+,28+,35+,36+/m1/s1. The van der Waals surface area contributed by atoms with Gasteiger partial charge in [0.15, 0.2) is 0 Å². The van der Waals surface area contributed by atoms with E-state index in [0.29, 0.717) is 31.5 Å². The number of amides is 3. The molecule has 13 nitrogen and oxygen atoms in total. The van der Waals surface area contributed by atoms with Crippen molar-refractivity contribution in [2.75, 3.05) is 18.4 Å². The number of unbranched alkanes of at least 4 members (excludes halogenated alkanes) is 4. The van der Waals surface area contributed by atoms with Gasteiger partial charge in [0.1, 0.15) is 22.6 Å². The molecule has 3 aliphatic carbocycles. The number of hydrogen-bond donors (Lipinski definition) is 6. The summed E-state index contributed by atoms with van der Waals surface area (Å²) >= 11 is 0. The largest absolute Gasteiger partial charge is 0.480 e. The second kappa shape index (κ2) is 15.3. The Morgan fingerprint density at radius 3 is 2.38 bits per heavy atom. The number of carboxylic acids is 1. The summed E-state index contributed by atoms with van der Waals surface area (Å²) in [6.45, 7) is 9.39. The summed E-state index contributed by atoms with van der Waals surface area (Å²) < 4.78 is 34.6. The van der Waals surface area contributed by atoms with Crippen molar-refractivity contribution in [3.05, 3.63) is 36.9 Å². The Morgan fingerprint density at radius 2 is 1.74 bits per heavy atom. The minimum atomic E-state index is -4.28. The lowest BCUT2D eigenvalue weighted by molar-refractivity contribution is -0.139. The molecule has 3 saturated carbocycles. The molecule has 4 fully saturated rings. The van der Waals surface area contributed by atoms with Crippen molar-refractivity contribution in [1.29, 1.82) is 0 Å². The SMILES string of the molecule is C=C[C@@H]1C[C@@]1(NC(=O)[C@@H]1C[C@@]2(CN1)CC2(C)C)C(=O)NS(=O)(=O)c1ccccc1NCCCCCCC[C@H](NC(=O)OC1CCCC1)C(=O)O. The Kier molecular flexibility index (Phi) is 11.5. The number of rotatable bonds is 18. The van der Waals surface area contributed by atoms with Gasteiger partial charge in [0.25, 0.3) is 15.9 Å². The van der Waals surface area contributed by atoms with Crippen LogP contribution in [0.3, 0.4) is 0 Å². The highest BCUT2D eigenvalue weighted by Crippen LogP contribution is 2.67. The minimum absolute atomic E-state index is 0.0698. The number of nitrogens with one attached hydrogen (secondary N) is 5. The number of carbonyl (C=O) groups is 4. The summed E-state index contributed by atoms with van der Waals surface area (Å²) in [7, 11) is -4.28. The van der Waals surface area contributed by atoms with E-state index in [-0.39, 0.29) is 40.1 Å². The molecule has 14 heteroatoms. The zero-order valence-corrected chi connectivity index (χ0v) is 30.0. The highest BCUT2D eigenvalue weighted by molar-refractivity contribution is 7.90. The van der Waals surface area contributed by atoms with E-state index in [1.807, 2.05) is 0 Å². The maximum atomic E-state index is 13.5. The Hall–Kier alpha value is -3.65. The molecule has 0 unspecified atom stereocenters. The van der Waals surface area contributed by atoms with Crippen LogP contribution >= 0.6 is 0 Å². The van der Waals surface area contributed by atoms with E-state index < -0.39 is 45.6 Å². The van der Waals surface area contributed by atoms with Crippen LogP contribution in [0.5, 0.6) is 0 Å². The van der Waals surface area contributed by atoms with E-state index in [1.165, 1.54) is 6.07 Å². The first kappa shape index (κ1) is 37.6. The molecule has 5 atom stereocenters. The summed E-state index contributed by atoms with van der Waals surface area (Å²) in [5.41, 5.74) is -0.762. The smallest absolute Gasteiger partial charge is 0.408 e. The van der Waals surface area contributed by atoms with Gasteiger partial charge in [-0.25, -0.2) is 22.7 Å². The fourth-order valence-electron chi connectivity index (χ4n) is 7.77. The third-order valence-electron chi connectivity index (χ3n) is 11.3. The molecule has 1 heterocycles. The summed E-state index contributed by atoms with van der Waals surface area (Å²) in [6.07, 6.45) is 10.5. The zero-order valence-electron chi connectivity index (χ0n) is 29.2. The van der Waals surface area contributed by atoms with Crippen molar-refractivity contribution < 1.29 is 37.4 Å². The topological polar surface area (TPSA) is 192 Å². The van der Waals surface area contributed by atoms with E-state index >= 15 is 0 Å². The monoisotopic (exact) mass is 715 g/mol. The second-order valence-corrected chi connectivity index (χ2v) is 16.9. The molecule has 1 aromatic carbocycles. The number of carbonyl (C=O) groups excluding carboxylic acids is 3. The highest BCUT2D eigenvalue weighted by Gasteiger charge is 2.65. The Labute approximate surface area is 295 Å². The molecule has 0 bridgehead atoms. The van der Waals surface area contributed by atoms with Gasteiger partial charge in [0.2, 0.25) is 5.91 Å². The normalized spacial score (nSPS) is 27.2. The molecule has 0 radical (unpaired) electrons. The molecule has 6 N–H and O–H groups in total. The molecule has 1 spiro atoms. The van der Waals surface area contributed by atoms with Gasteiger partial charge in [0.05, 0.1) is 11.7 Å². The molecule has 4 aliphatic rings. The van der Waals surface area contributed by atoms with Gasteiger partial charge in [-0.1, -0.05) is 57.7 Å². The van der Waals surface area contributed by atoms with Gasteiger partial charge in [-0.05, 0) is 80.8 Å². The fourth-order valence-corrected chi connectivity index (χ4v) is 8.99. The van der Waals surface area contributed by atoms with Gasteiger partial charge in [0, 0.05) is 19.0 Å². The van der Waals surface area contributed by atoms with E-state index in [9.17, 15) is 32.7 Å². The zero-order chi connectivity index (χ0) is 36.2. The molecular formula is C36H53N5O8S. The van der Waals surface area contributed by atoms with Crippen LogP contribution in [-0.2, 0) is 29.1 Å². The van der Waals surface area contributed by atoms with Crippen LogP contribution in [0.2, 0.25) is 0 Å². The van der Waals surface area contributed by atoms with Crippen LogP contribution in [0.25, 0.3) is 0 Å². The molecule has 276 valence electrons. The molecule has 5 rings (SSSR count). The molecule has 50 heavy (non-hydrogen) atoms. The number of sulfonamides is 1. The van der Waals surface area contributed by atoms with E-state index in [1.54, 1.807) is 24.3 Å². The van der Waals surface area contributed by atoms with E-state index in [4.69, 9.17) is 4.74 Å². The fraction of sp³-hybridized carbons (Fsp3) is 0.667. The number of benzene rings is 1. The predicted molar refractivity (Wildman–Crippen MR) is 188 cm³/mol. The number of hydrogen-bond acceptors (Lipinski definition) is 9. The average Bonchev–Trinajstić information content (AvgIpc) is 3.62. The lowest BCUT2D eigenvalue weighted by Crippen LogP contribution is -2.55. The van der Waals surface area contributed by atoms with Crippen LogP contribution in [0.4, 0.5) is 10.5 Å². The first-order valence-electron chi connectivity index (χ1n) is 18.0. The summed E-state index contributed by atoms with van der Waals surface area (Å²) in [6, 6.07) is 4.92. The van der Waals surface area contributed by atoms with Gasteiger partial charge in [-0.3, -0.25) is 9.59 Å². The highest BCUT2D eigenvalue weighted by atomic mass is 32.2. The van der Waals surface area contributed by atoms with E-state index in [2.05, 4.69) is 46.4 Å². The molecule has 1 saturated heterocycles. The maximum absolute atomic E-state index is 13.5. The van der Waals surface area contributed by atoms with Gasteiger partial charge >= 0.3 is 12.1 Å². The molecule has 1 aromatic rings. The number of alkyl carbamates (subject to hydrolysis) is 1. The number of anilines is 1. The van der Waals surface area contributed by atoms with Crippen molar-refractivity contribution in [1.82, 2.24) is 20.7 Å². The number of aliphatic carboxylic acids is 1. The van der Waals surface area contributed by atoms with Crippen molar-refractivity contribution in [3.8, 4) is 0 Å².